The van der Waals surface area contributed by atoms with Gasteiger partial charge in [0.15, 0.2) is 0 Å². The Labute approximate surface area is 141 Å². The molecule has 0 aromatic rings. The molecule has 1 saturated heterocycles. The van der Waals surface area contributed by atoms with Crippen LogP contribution in [0.15, 0.2) is 0 Å². The van der Waals surface area contributed by atoms with Crippen molar-refractivity contribution in [3.05, 3.63) is 0 Å². The van der Waals surface area contributed by atoms with Crippen molar-refractivity contribution in [2.45, 2.75) is 58.5 Å². The summed E-state index contributed by atoms with van der Waals surface area (Å²) in [5.74, 6) is -2.17. The Kier molecular flexibility index (Phi) is 8.21. The Morgan fingerprint density at radius 1 is 0.875 bits per heavy atom. The second kappa shape index (κ2) is 9.89. The number of hydrogen-bond acceptors (Lipinski definition) is 7. The molecule has 0 saturated carbocycles. The lowest BCUT2D eigenvalue weighted by Gasteiger charge is -2.28. The van der Waals surface area contributed by atoms with E-state index in [0.29, 0.717) is 12.8 Å². The first-order valence-corrected chi connectivity index (χ1v) is 8.23. The van der Waals surface area contributed by atoms with E-state index in [0.717, 1.165) is 0 Å². The van der Waals surface area contributed by atoms with Crippen molar-refractivity contribution in [1.29, 1.82) is 0 Å². The van der Waals surface area contributed by atoms with E-state index in [1.54, 1.807) is 20.8 Å². The average molecular weight is 343 g/mol. The number of carbonyl (C=O) groups is 4. The first-order valence-electron chi connectivity index (χ1n) is 8.23. The molecule has 1 aliphatic heterocycles. The maximum atomic E-state index is 12.5. The second-order valence-corrected chi connectivity index (χ2v) is 5.29. The number of ether oxygens (including phenoxy) is 3. The number of amides is 1. The summed E-state index contributed by atoms with van der Waals surface area (Å²) in [7, 11) is 0. The van der Waals surface area contributed by atoms with Crippen LogP contribution >= 0.6 is 0 Å². The van der Waals surface area contributed by atoms with Crippen LogP contribution < -0.4 is 0 Å². The molecule has 1 rings (SSSR count). The molecule has 8 heteroatoms. The molecule has 0 spiro atoms. The maximum absolute atomic E-state index is 12.5. The maximum Gasteiger partial charge on any atom is 0.328 e. The van der Waals surface area contributed by atoms with Crippen molar-refractivity contribution < 1.29 is 33.4 Å². The lowest BCUT2D eigenvalue weighted by Crippen LogP contribution is -2.47. The van der Waals surface area contributed by atoms with Gasteiger partial charge in [0.25, 0.3) is 0 Å². The first kappa shape index (κ1) is 19.9. The van der Waals surface area contributed by atoms with Gasteiger partial charge in [0.2, 0.25) is 5.91 Å². The van der Waals surface area contributed by atoms with Crippen molar-refractivity contribution in [2.24, 2.45) is 0 Å². The van der Waals surface area contributed by atoms with E-state index < -0.39 is 42.3 Å². The highest BCUT2D eigenvalue weighted by molar-refractivity contribution is 5.96. The third kappa shape index (κ3) is 5.50. The van der Waals surface area contributed by atoms with Crippen LogP contribution in [0.25, 0.3) is 0 Å². The highest BCUT2D eigenvalue weighted by Gasteiger charge is 2.43. The van der Waals surface area contributed by atoms with Crippen LogP contribution in [0.3, 0.4) is 0 Å². The fraction of sp³-hybridized carbons (Fsp3) is 0.750. The summed E-state index contributed by atoms with van der Waals surface area (Å²) in [6, 6.07) is -1.27. The van der Waals surface area contributed by atoms with Crippen molar-refractivity contribution in [2.75, 3.05) is 19.8 Å². The summed E-state index contributed by atoms with van der Waals surface area (Å²) >= 11 is 0. The highest BCUT2D eigenvalue weighted by Crippen LogP contribution is 2.28. The lowest BCUT2D eigenvalue weighted by molar-refractivity contribution is -0.158. The van der Waals surface area contributed by atoms with E-state index in [9.17, 15) is 19.2 Å². The minimum Gasteiger partial charge on any atom is -0.466 e. The number of carbonyl (C=O) groups excluding carboxylic acids is 4. The Hall–Kier alpha value is -2.12. The van der Waals surface area contributed by atoms with Crippen molar-refractivity contribution >= 4 is 23.8 Å². The zero-order chi connectivity index (χ0) is 18.1. The van der Waals surface area contributed by atoms with Crippen LogP contribution in [0.4, 0.5) is 0 Å². The molecule has 24 heavy (non-hydrogen) atoms. The molecular formula is C16H25NO7. The molecule has 136 valence electrons. The summed E-state index contributed by atoms with van der Waals surface area (Å²) in [5, 5.41) is 0. The van der Waals surface area contributed by atoms with Crippen LogP contribution in [0.5, 0.6) is 0 Å². The summed E-state index contributed by atoms with van der Waals surface area (Å²) in [6.45, 7) is 5.61. The van der Waals surface area contributed by atoms with E-state index >= 15 is 0 Å². The van der Waals surface area contributed by atoms with Crippen LogP contribution in [-0.4, -0.2) is 60.6 Å². The lowest BCUT2D eigenvalue weighted by atomic mass is 10.1. The van der Waals surface area contributed by atoms with Crippen LogP contribution in [0.1, 0.15) is 46.5 Å². The van der Waals surface area contributed by atoms with Crippen LogP contribution in [0.2, 0.25) is 0 Å². The van der Waals surface area contributed by atoms with Gasteiger partial charge in [0.05, 0.1) is 26.2 Å². The number of rotatable bonds is 8. The zero-order valence-corrected chi connectivity index (χ0v) is 14.4. The fourth-order valence-electron chi connectivity index (χ4n) is 2.77. The minimum absolute atomic E-state index is 0.0156. The first-order chi connectivity index (χ1) is 11.4. The summed E-state index contributed by atoms with van der Waals surface area (Å²) in [4.78, 5) is 49.1. The third-order valence-electron chi connectivity index (χ3n) is 3.66. The predicted octanol–water partition coefficient (Wildman–Crippen LogP) is 0.815. The van der Waals surface area contributed by atoms with E-state index in [1.807, 2.05) is 0 Å². The van der Waals surface area contributed by atoms with Gasteiger partial charge in [-0.3, -0.25) is 14.4 Å². The predicted molar refractivity (Wildman–Crippen MR) is 82.8 cm³/mol. The molecule has 0 bridgehead atoms. The Morgan fingerprint density at radius 3 is 2.04 bits per heavy atom. The number of esters is 3. The monoisotopic (exact) mass is 343 g/mol. The molecule has 0 aliphatic carbocycles. The zero-order valence-electron chi connectivity index (χ0n) is 14.4. The quantitative estimate of drug-likeness (QED) is 0.365. The van der Waals surface area contributed by atoms with Crippen molar-refractivity contribution in [3.8, 4) is 0 Å². The molecule has 8 nitrogen and oxygen atoms in total. The van der Waals surface area contributed by atoms with E-state index in [-0.39, 0.29) is 26.2 Å². The number of likely N-dealkylation sites (tertiary alicyclic amines) is 1. The van der Waals surface area contributed by atoms with Gasteiger partial charge in [0.1, 0.15) is 12.5 Å². The van der Waals surface area contributed by atoms with Gasteiger partial charge in [-0.05, 0) is 33.6 Å². The molecule has 0 radical (unpaired) electrons. The molecule has 0 unspecified atom stereocenters. The van der Waals surface area contributed by atoms with Gasteiger partial charge < -0.3 is 19.1 Å². The summed E-state index contributed by atoms with van der Waals surface area (Å²) in [6.07, 6.45) is 0.371. The molecular weight excluding hydrogens is 318 g/mol. The van der Waals surface area contributed by atoms with Gasteiger partial charge in [-0.15, -0.1) is 0 Å². The highest BCUT2D eigenvalue weighted by atomic mass is 16.5. The normalized spacial score (nSPS) is 19.7. The molecule has 1 amide bonds. The van der Waals surface area contributed by atoms with Crippen LogP contribution in [-0.2, 0) is 33.4 Å². The standard InChI is InChI=1S/C16H25NO7/c1-4-22-14(19)9-11-7-8-12(16(21)24-6-3)17(11)13(18)10-15(20)23-5-2/h11-12H,4-10H2,1-3H3/t11-,12+/m1/s1. The Balaban J connectivity index is 2.86. The molecule has 1 aliphatic rings. The Bertz CT molecular complexity index is 477. The van der Waals surface area contributed by atoms with E-state index in [2.05, 4.69) is 0 Å². The summed E-state index contributed by atoms with van der Waals surface area (Å²) in [5.41, 5.74) is 0. The van der Waals surface area contributed by atoms with Gasteiger partial charge in [-0.25, -0.2) is 4.79 Å². The fourth-order valence-corrected chi connectivity index (χ4v) is 2.77. The summed E-state index contributed by atoms with van der Waals surface area (Å²) < 4.78 is 14.7. The molecule has 2 atom stereocenters. The topological polar surface area (TPSA) is 99.2 Å². The van der Waals surface area contributed by atoms with Crippen molar-refractivity contribution in [1.82, 2.24) is 4.90 Å². The van der Waals surface area contributed by atoms with Crippen LogP contribution in [0, 0.1) is 0 Å². The number of hydrogen-bond donors (Lipinski definition) is 0. The van der Waals surface area contributed by atoms with E-state index in [1.165, 1.54) is 4.90 Å². The van der Waals surface area contributed by atoms with Crippen molar-refractivity contribution in [3.63, 3.8) is 0 Å². The molecule has 0 N–H and O–H groups in total. The number of nitrogens with zero attached hydrogens (tertiary/aromatic N) is 1. The van der Waals surface area contributed by atoms with Gasteiger partial charge in [-0.2, -0.15) is 0 Å². The van der Waals surface area contributed by atoms with E-state index in [4.69, 9.17) is 14.2 Å². The average Bonchev–Trinajstić information content (AvgIpc) is 2.91. The van der Waals surface area contributed by atoms with Gasteiger partial charge >= 0.3 is 17.9 Å². The smallest absolute Gasteiger partial charge is 0.328 e. The molecule has 1 heterocycles. The van der Waals surface area contributed by atoms with Gasteiger partial charge in [0, 0.05) is 6.04 Å². The van der Waals surface area contributed by atoms with Gasteiger partial charge in [-0.1, -0.05) is 0 Å². The second-order valence-electron chi connectivity index (χ2n) is 5.29. The molecule has 0 aromatic carbocycles. The minimum atomic E-state index is -0.786. The SMILES string of the molecule is CCOC(=O)CC(=O)N1[C@@H](CC(=O)OCC)CC[C@H]1C(=O)OCC. The Morgan fingerprint density at radius 2 is 1.46 bits per heavy atom. The third-order valence-corrected chi connectivity index (χ3v) is 3.66. The molecule has 0 aromatic heterocycles. The largest absolute Gasteiger partial charge is 0.466 e. The molecule has 1 fully saturated rings.